The van der Waals surface area contributed by atoms with Crippen LogP contribution < -0.4 is 0 Å². The Balaban J connectivity index is 3.06. The topological polar surface area (TPSA) is 40.6 Å². The predicted molar refractivity (Wildman–Crippen MR) is 49.5 cm³/mol. The molecule has 0 radical (unpaired) electrons. The van der Waals surface area contributed by atoms with E-state index >= 15 is 0 Å². The first-order valence-corrected chi connectivity index (χ1v) is 6.91. The van der Waals surface area contributed by atoms with Crippen LogP contribution in [0.1, 0.15) is 0 Å². The zero-order valence-electron chi connectivity index (χ0n) is 6.66. The molecule has 0 aromatic heterocycles. The van der Waals surface area contributed by atoms with Gasteiger partial charge in [-0.15, -0.1) is 0 Å². The summed E-state index contributed by atoms with van der Waals surface area (Å²) in [7, 11) is 3.10. The third-order valence-electron chi connectivity index (χ3n) is 1.94. The Bertz CT molecular complexity index is 231. The Morgan fingerprint density at radius 2 is 1.82 bits per heavy atom. The molecule has 0 saturated carbocycles. The van der Waals surface area contributed by atoms with Gasteiger partial charge in [0.15, 0.2) is 0 Å². The molecule has 6 heteroatoms. The number of amides is 3. The molecule has 3 amide bonds. The molecule has 11 heavy (non-hydrogen) atoms. The minimum atomic E-state index is -2.41. The molecule has 1 aliphatic heterocycles. The van der Waals surface area contributed by atoms with Crippen LogP contribution in [0.25, 0.3) is 0 Å². The Kier molecular flexibility index (Phi) is 1.89. The summed E-state index contributed by atoms with van der Waals surface area (Å²) in [6, 6.07) is -0.251. The van der Waals surface area contributed by atoms with E-state index in [0.29, 0.717) is 0 Å². The number of thiol groups is 1. The quantitative estimate of drug-likeness (QED) is 0.465. The number of rotatable bonds is 0. The molecule has 0 bridgehead atoms. The SMILES string of the molecule is CN1C(=O)N(C)[PH](C)(S)C1=O. The molecule has 64 valence electrons. The molecular formula is C5H11N2O2PS. The normalized spacial score (nSPS) is 26.2. The van der Waals surface area contributed by atoms with Crippen molar-refractivity contribution in [1.29, 1.82) is 0 Å². The Morgan fingerprint density at radius 1 is 1.36 bits per heavy atom. The van der Waals surface area contributed by atoms with E-state index in [2.05, 4.69) is 12.2 Å². The number of hydrogen-bond acceptors (Lipinski definition) is 3. The van der Waals surface area contributed by atoms with Gasteiger partial charge in [-0.2, -0.15) is 0 Å². The molecular weight excluding hydrogens is 183 g/mol. The average molecular weight is 194 g/mol. The molecule has 1 heterocycles. The number of carbonyl (C=O) groups is 2. The Morgan fingerprint density at radius 3 is 1.91 bits per heavy atom. The van der Waals surface area contributed by atoms with Crippen molar-refractivity contribution in [2.45, 2.75) is 0 Å². The van der Waals surface area contributed by atoms with E-state index in [0.717, 1.165) is 4.90 Å². The van der Waals surface area contributed by atoms with Crippen LogP contribution in [0.4, 0.5) is 9.59 Å². The van der Waals surface area contributed by atoms with E-state index in [1.807, 2.05) is 0 Å². The van der Waals surface area contributed by atoms with Gasteiger partial charge >= 0.3 is 70.5 Å². The van der Waals surface area contributed by atoms with Gasteiger partial charge in [-0.25, -0.2) is 0 Å². The first-order chi connectivity index (χ1) is 4.89. The van der Waals surface area contributed by atoms with E-state index in [-0.39, 0.29) is 11.7 Å². The summed E-state index contributed by atoms with van der Waals surface area (Å²) in [6.07, 6.45) is 0. The molecule has 0 unspecified atom stereocenters. The zero-order chi connectivity index (χ0) is 8.81. The number of nitrogens with zero attached hydrogens (tertiary/aromatic N) is 2. The second-order valence-corrected chi connectivity index (χ2v) is 8.48. The molecule has 4 nitrogen and oxygen atoms in total. The van der Waals surface area contributed by atoms with Crippen molar-refractivity contribution >= 4 is 30.5 Å². The average Bonchev–Trinajstić information content (AvgIpc) is 2.06. The molecule has 1 aliphatic rings. The van der Waals surface area contributed by atoms with Gasteiger partial charge < -0.3 is 0 Å². The van der Waals surface area contributed by atoms with Crippen LogP contribution in [-0.4, -0.2) is 42.0 Å². The van der Waals surface area contributed by atoms with Gasteiger partial charge in [0, 0.05) is 0 Å². The van der Waals surface area contributed by atoms with Crippen molar-refractivity contribution in [3.8, 4) is 0 Å². The van der Waals surface area contributed by atoms with Crippen molar-refractivity contribution in [2.24, 2.45) is 0 Å². The third-order valence-corrected chi connectivity index (χ3v) is 6.05. The van der Waals surface area contributed by atoms with Crippen molar-refractivity contribution < 1.29 is 9.59 Å². The molecule has 1 saturated heterocycles. The van der Waals surface area contributed by atoms with Crippen molar-refractivity contribution in [3.63, 3.8) is 0 Å². The van der Waals surface area contributed by atoms with Gasteiger partial charge in [0.25, 0.3) is 0 Å². The van der Waals surface area contributed by atoms with Gasteiger partial charge in [0.1, 0.15) is 0 Å². The summed E-state index contributed by atoms with van der Waals surface area (Å²) in [5.41, 5.74) is -0.145. The van der Waals surface area contributed by atoms with E-state index in [1.165, 1.54) is 11.7 Å². The van der Waals surface area contributed by atoms with Crippen LogP contribution >= 0.6 is 18.9 Å². The molecule has 0 aromatic rings. The predicted octanol–water partition coefficient (Wildman–Crippen LogP) is 1.24. The van der Waals surface area contributed by atoms with Gasteiger partial charge in [-0.1, -0.05) is 0 Å². The fourth-order valence-corrected chi connectivity index (χ4v) is 3.21. The zero-order valence-corrected chi connectivity index (χ0v) is 8.55. The maximum absolute atomic E-state index is 11.3. The Hall–Kier alpha value is -0.280. The Labute approximate surface area is 71.1 Å². The monoisotopic (exact) mass is 194 g/mol. The second kappa shape index (κ2) is 2.35. The number of urea groups is 1. The fraction of sp³-hybridized carbons (Fsp3) is 0.600. The molecule has 0 aliphatic carbocycles. The molecule has 0 aromatic carbocycles. The summed E-state index contributed by atoms with van der Waals surface area (Å²) >= 11 is 4.21. The summed E-state index contributed by atoms with van der Waals surface area (Å²) in [6.45, 7) is -0.672. The van der Waals surface area contributed by atoms with Crippen LogP contribution in [0.3, 0.4) is 0 Å². The number of imide groups is 1. The minimum absolute atomic E-state index is 0.145. The molecule has 0 atom stereocenters. The summed E-state index contributed by atoms with van der Waals surface area (Å²) in [5.74, 6) is 0. The maximum atomic E-state index is 11.3. The number of carbonyl (C=O) groups excluding carboxylic acids is 2. The summed E-state index contributed by atoms with van der Waals surface area (Å²) < 4.78 is 1.44. The number of hydrogen-bond donors (Lipinski definition) is 1. The molecule has 1 fully saturated rings. The summed E-state index contributed by atoms with van der Waals surface area (Å²) in [4.78, 5) is 23.6. The van der Waals surface area contributed by atoms with Crippen molar-refractivity contribution in [3.05, 3.63) is 0 Å². The van der Waals surface area contributed by atoms with Gasteiger partial charge in [0.05, 0.1) is 0 Å². The van der Waals surface area contributed by atoms with E-state index in [1.54, 1.807) is 13.7 Å². The second-order valence-electron chi connectivity index (χ2n) is 2.73. The first-order valence-electron chi connectivity index (χ1n) is 3.17. The van der Waals surface area contributed by atoms with Crippen molar-refractivity contribution in [1.82, 2.24) is 9.57 Å². The molecule has 1 rings (SSSR count). The van der Waals surface area contributed by atoms with Gasteiger partial charge in [-0.05, 0) is 0 Å². The molecule has 0 N–H and O–H groups in total. The fourth-order valence-electron chi connectivity index (χ4n) is 0.959. The van der Waals surface area contributed by atoms with Crippen LogP contribution in [0, 0.1) is 0 Å². The van der Waals surface area contributed by atoms with Crippen LogP contribution in [0.15, 0.2) is 0 Å². The van der Waals surface area contributed by atoms with Crippen LogP contribution in [-0.2, 0) is 0 Å². The van der Waals surface area contributed by atoms with Crippen LogP contribution in [0.5, 0.6) is 0 Å². The summed E-state index contributed by atoms with van der Waals surface area (Å²) in [5, 5.41) is 0. The van der Waals surface area contributed by atoms with Crippen LogP contribution in [0.2, 0.25) is 0 Å². The van der Waals surface area contributed by atoms with E-state index < -0.39 is 6.62 Å². The third kappa shape index (κ3) is 1.03. The first kappa shape index (κ1) is 8.81. The van der Waals surface area contributed by atoms with Gasteiger partial charge in [0.2, 0.25) is 0 Å². The van der Waals surface area contributed by atoms with E-state index in [4.69, 9.17) is 0 Å². The van der Waals surface area contributed by atoms with E-state index in [9.17, 15) is 9.59 Å². The van der Waals surface area contributed by atoms with Gasteiger partial charge in [-0.3, -0.25) is 0 Å². The van der Waals surface area contributed by atoms with Crippen molar-refractivity contribution in [2.75, 3.05) is 20.8 Å². The standard InChI is InChI=1S/C5H11N2O2PS/c1-6-4(8)7(2)10(3,11)5(6)9/h10-11H,1-3H3. The molecule has 0 spiro atoms.